The number of aryl methyl sites for hydroxylation is 1. The van der Waals surface area contributed by atoms with Crippen molar-refractivity contribution in [3.05, 3.63) is 34.9 Å². The lowest BCUT2D eigenvalue weighted by Crippen LogP contribution is -2.40. The Morgan fingerprint density at radius 2 is 1.88 bits per heavy atom. The molecule has 2 atom stereocenters. The highest BCUT2D eigenvalue weighted by Gasteiger charge is 2.38. The molecule has 0 aliphatic rings. The van der Waals surface area contributed by atoms with Gasteiger partial charge in [0.05, 0.1) is 0 Å². The minimum atomic E-state index is -2.15. The van der Waals surface area contributed by atoms with Crippen LogP contribution in [0.25, 0.3) is 0 Å². The number of hydrogen-bond donors (Lipinski definition) is 2. The fraction of sp³-hybridized carbons (Fsp3) is 0.417. The molecule has 0 saturated heterocycles. The van der Waals surface area contributed by atoms with Crippen LogP contribution >= 0.6 is 0 Å². The van der Waals surface area contributed by atoms with E-state index >= 15 is 0 Å². The molecule has 0 saturated carbocycles. The zero-order valence-corrected chi connectivity index (χ0v) is 9.79. The summed E-state index contributed by atoms with van der Waals surface area (Å²) >= 11 is 0. The van der Waals surface area contributed by atoms with Crippen molar-refractivity contribution in [2.24, 2.45) is 0 Å². The van der Waals surface area contributed by atoms with Crippen molar-refractivity contribution in [2.75, 3.05) is 0 Å². The first kappa shape index (κ1) is 13.6. The van der Waals surface area contributed by atoms with Gasteiger partial charge in [-0.2, -0.15) is 0 Å². The van der Waals surface area contributed by atoms with E-state index in [-0.39, 0.29) is 11.1 Å². The Kier molecular flexibility index (Phi) is 3.52. The van der Waals surface area contributed by atoms with Crippen LogP contribution in [0.3, 0.4) is 0 Å². The lowest BCUT2D eigenvalue weighted by Gasteiger charge is -2.26. The van der Waals surface area contributed by atoms with Crippen molar-refractivity contribution >= 4 is 5.97 Å². The molecule has 0 aromatic heterocycles. The van der Waals surface area contributed by atoms with Gasteiger partial charge in [0.2, 0.25) is 0 Å². The van der Waals surface area contributed by atoms with Crippen molar-refractivity contribution < 1.29 is 23.8 Å². The van der Waals surface area contributed by atoms with E-state index in [9.17, 15) is 18.7 Å². The number of aliphatic hydroxyl groups is 1. The van der Waals surface area contributed by atoms with Crippen molar-refractivity contribution in [1.29, 1.82) is 0 Å². The second-order valence-electron chi connectivity index (χ2n) is 4.30. The van der Waals surface area contributed by atoms with E-state index in [1.807, 2.05) is 0 Å². The molecule has 5 heteroatoms. The Morgan fingerprint density at radius 3 is 2.35 bits per heavy atom. The van der Waals surface area contributed by atoms with Crippen LogP contribution in [0.1, 0.15) is 30.9 Å². The van der Waals surface area contributed by atoms with E-state index < -0.39 is 29.1 Å². The van der Waals surface area contributed by atoms with Gasteiger partial charge >= 0.3 is 5.97 Å². The Morgan fingerprint density at radius 1 is 1.35 bits per heavy atom. The quantitative estimate of drug-likeness (QED) is 0.857. The summed E-state index contributed by atoms with van der Waals surface area (Å²) in [6.07, 6.45) is 0. The van der Waals surface area contributed by atoms with E-state index in [0.717, 1.165) is 19.1 Å². The number of aliphatic carboxylic acids is 1. The first-order valence-electron chi connectivity index (χ1n) is 5.09. The normalized spacial score (nSPS) is 16.4. The molecule has 0 amide bonds. The second-order valence-corrected chi connectivity index (χ2v) is 4.30. The first-order chi connectivity index (χ1) is 7.67. The fourth-order valence-corrected chi connectivity index (χ4v) is 1.48. The van der Waals surface area contributed by atoms with Crippen LogP contribution in [-0.4, -0.2) is 21.8 Å². The predicted molar refractivity (Wildman–Crippen MR) is 57.8 cm³/mol. The average molecular weight is 244 g/mol. The maximum atomic E-state index is 13.6. The van der Waals surface area contributed by atoms with Gasteiger partial charge in [-0.05, 0) is 37.1 Å². The third-order valence-corrected chi connectivity index (χ3v) is 3.02. The number of carbonyl (C=O) groups is 1. The summed E-state index contributed by atoms with van der Waals surface area (Å²) in [6.45, 7) is 3.79. The number of carboxylic acids is 1. The van der Waals surface area contributed by atoms with Crippen molar-refractivity contribution in [2.45, 2.75) is 32.3 Å². The smallest absolute Gasteiger partial charge is 0.336 e. The van der Waals surface area contributed by atoms with E-state index in [2.05, 4.69) is 0 Å². The maximum absolute atomic E-state index is 13.6. The van der Waals surface area contributed by atoms with E-state index in [4.69, 9.17) is 5.11 Å². The standard InChI is InChI=1S/C12H14F2O3/c1-6-4-10(14)8(5-9(6)13)7(2)12(3,17)11(15)16/h4-5,7,17H,1-3H3,(H,15,16). The number of benzene rings is 1. The molecular formula is C12H14F2O3. The average Bonchev–Trinajstić information content (AvgIpc) is 2.22. The molecule has 1 aromatic rings. The molecule has 1 rings (SSSR count). The third kappa shape index (κ3) is 2.44. The molecule has 3 nitrogen and oxygen atoms in total. The fourth-order valence-electron chi connectivity index (χ4n) is 1.48. The minimum Gasteiger partial charge on any atom is -0.479 e. The molecule has 0 spiro atoms. The largest absolute Gasteiger partial charge is 0.479 e. The highest BCUT2D eigenvalue weighted by Crippen LogP contribution is 2.31. The molecule has 0 aliphatic heterocycles. The van der Waals surface area contributed by atoms with Crippen molar-refractivity contribution in [3.63, 3.8) is 0 Å². The van der Waals surface area contributed by atoms with Gasteiger partial charge in [0, 0.05) is 5.92 Å². The van der Waals surface area contributed by atoms with Crippen LogP contribution in [0.4, 0.5) is 8.78 Å². The predicted octanol–water partition coefficient (Wildman–Crippen LogP) is 2.21. The number of halogens is 2. The first-order valence-corrected chi connectivity index (χ1v) is 5.09. The van der Waals surface area contributed by atoms with Crippen LogP contribution in [0, 0.1) is 18.6 Å². The molecule has 0 aliphatic carbocycles. The SMILES string of the molecule is Cc1cc(F)c(C(C)C(C)(O)C(=O)O)cc1F. The second kappa shape index (κ2) is 4.41. The minimum absolute atomic E-state index is 0.133. The number of hydrogen-bond acceptors (Lipinski definition) is 2. The van der Waals surface area contributed by atoms with Gasteiger partial charge in [-0.3, -0.25) is 0 Å². The summed E-state index contributed by atoms with van der Waals surface area (Å²) in [7, 11) is 0. The summed E-state index contributed by atoms with van der Waals surface area (Å²) in [5.41, 5.74) is -2.17. The highest BCUT2D eigenvalue weighted by molar-refractivity contribution is 5.78. The Balaban J connectivity index is 3.26. The van der Waals surface area contributed by atoms with Gasteiger partial charge in [-0.25, -0.2) is 13.6 Å². The maximum Gasteiger partial charge on any atom is 0.336 e. The Bertz CT molecular complexity index is 455. The van der Waals surface area contributed by atoms with Gasteiger partial charge in [0.15, 0.2) is 5.60 Å². The van der Waals surface area contributed by atoms with Gasteiger partial charge in [-0.1, -0.05) is 6.92 Å². The van der Waals surface area contributed by atoms with Crippen LogP contribution in [-0.2, 0) is 4.79 Å². The van der Waals surface area contributed by atoms with E-state index in [1.165, 1.54) is 13.8 Å². The molecular weight excluding hydrogens is 230 g/mol. The molecule has 0 fully saturated rings. The summed E-state index contributed by atoms with van der Waals surface area (Å²) in [5.74, 6) is -3.90. The number of carboxylic acid groups (broad SMARTS) is 1. The van der Waals surface area contributed by atoms with Crippen molar-refractivity contribution in [3.8, 4) is 0 Å². The van der Waals surface area contributed by atoms with E-state index in [1.54, 1.807) is 0 Å². The molecule has 1 aromatic carbocycles. The van der Waals surface area contributed by atoms with Gasteiger partial charge in [0.1, 0.15) is 11.6 Å². The zero-order chi connectivity index (χ0) is 13.4. The Labute approximate surface area is 97.7 Å². The number of rotatable bonds is 3. The third-order valence-electron chi connectivity index (χ3n) is 3.02. The van der Waals surface area contributed by atoms with Crippen LogP contribution in [0.5, 0.6) is 0 Å². The summed E-state index contributed by atoms with van der Waals surface area (Å²) in [6, 6.07) is 1.91. The zero-order valence-electron chi connectivity index (χ0n) is 9.79. The van der Waals surface area contributed by atoms with Crippen LogP contribution < -0.4 is 0 Å². The highest BCUT2D eigenvalue weighted by atomic mass is 19.1. The molecule has 2 N–H and O–H groups in total. The topological polar surface area (TPSA) is 57.5 Å². The molecule has 0 radical (unpaired) electrons. The van der Waals surface area contributed by atoms with Crippen LogP contribution in [0.2, 0.25) is 0 Å². The molecule has 0 bridgehead atoms. The molecule has 2 unspecified atom stereocenters. The lowest BCUT2D eigenvalue weighted by atomic mass is 9.84. The lowest BCUT2D eigenvalue weighted by molar-refractivity contribution is -0.158. The summed E-state index contributed by atoms with van der Waals surface area (Å²) in [5, 5.41) is 18.5. The van der Waals surface area contributed by atoms with Crippen LogP contribution in [0.15, 0.2) is 12.1 Å². The molecule has 0 heterocycles. The van der Waals surface area contributed by atoms with Crippen molar-refractivity contribution in [1.82, 2.24) is 0 Å². The van der Waals surface area contributed by atoms with Gasteiger partial charge < -0.3 is 10.2 Å². The summed E-state index contributed by atoms with van der Waals surface area (Å²) in [4.78, 5) is 10.8. The van der Waals surface area contributed by atoms with E-state index in [0.29, 0.717) is 0 Å². The molecule has 17 heavy (non-hydrogen) atoms. The van der Waals surface area contributed by atoms with Gasteiger partial charge in [-0.15, -0.1) is 0 Å². The Hall–Kier alpha value is -1.49. The monoisotopic (exact) mass is 244 g/mol. The molecule has 94 valence electrons. The summed E-state index contributed by atoms with van der Waals surface area (Å²) < 4.78 is 26.9. The van der Waals surface area contributed by atoms with Gasteiger partial charge in [0.25, 0.3) is 0 Å².